The second-order valence-corrected chi connectivity index (χ2v) is 8.04. The number of fused-ring (bicyclic) bond motifs is 1. The third-order valence-electron chi connectivity index (χ3n) is 5.94. The maximum atomic E-state index is 8.67. The monoisotopic (exact) mass is 423 g/mol. The van der Waals surface area contributed by atoms with Crippen LogP contribution < -0.4 is 15.4 Å². The van der Waals surface area contributed by atoms with Crippen molar-refractivity contribution in [2.45, 2.75) is 57.1 Å². The average molecular weight is 424 g/mol. The maximum Gasteiger partial charge on any atom is 0.290 e. The Balaban J connectivity index is 0.000000221. The fraction of sp³-hybridized carbons (Fsp3) is 0.696. The molecule has 0 radical (unpaired) electrons. The zero-order valence-corrected chi connectivity index (χ0v) is 18.9. The largest absolute Gasteiger partial charge is 0.497 e. The van der Waals surface area contributed by atoms with Gasteiger partial charge in [-0.25, -0.2) is 0 Å². The van der Waals surface area contributed by atoms with Crippen molar-refractivity contribution in [3.05, 3.63) is 29.8 Å². The van der Waals surface area contributed by atoms with Gasteiger partial charge in [0.1, 0.15) is 5.75 Å². The van der Waals surface area contributed by atoms with Gasteiger partial charge in [0.05, 0.1) is 13.2 Å². The lowest BCUT2D eigenvalue weighted by Crippen LogP contribution is -2.40. The van der Waals surface area contributed by atoms with Crippen LogP contribution >= 0.6 is 0 Å². The first-order valence-electron chi connectivity index (χ1n) is 11.0. The summed E-state index contributed by atoms with van der Waals surface area (Å²) in [7, 11) is 3.73. The highest BCUT2D eigenvalue weighted by Gasteiger charge is 2.43. The van der Waals surface area contributed by atoms with Gasteiger partial charge < -0.3 is 25.6 Å². The van der Waals surface area contributed by atoms with Gasteiger partial charge >= 0.3 is 0 Å². The van der Waals surface area contributed by atoms with Crippen molar-refractivity contribution < 1.29 is 19.7 Å². The number of carboxylic acid groups (broad SMARTS) is 1. The molecule has 0 aliphatic carbocycles. The SMILES string of the molecule is CNCCC12CCCN1CCC2.COc1ccc(C)cc1.O=CO.OC1CCNC1. The molecular weight excluding hydrogens is 382 g/mol. The molecule has 4 rings (SSSR count). The van der Waals surface area contributed by atoms with Crippen molar-refractivity contribution >= 4 is 6.47 Å². The van der Waals surface area contributed by atoms with Crippen molar-refractivity contribution in [2.75, 3.05) is 46.9 Å². The van der Waals surface area contributed by atoms with Crippen molar-refractivity contribution in [2.24, 2.45) is 0 Å². The van der Waals surface area contributed by atoms with E-state index >= 15 is 0 Å². The summed E-state index contributed by atoms with van der Waals surface area (Å²) in [6.45, 7) is 7.50. The lowest BCUT2D eigenvalue weighted by Gasteiger charge is -2.32. The molecular formula is C23H41N3O4. The van der Waals surface area contributed by atoms with E-state index < -0.39 is 0 Å². The molecule has 30 heavy (non-hydrogen) atoms. The Hall–Kier alpha value is -1.67. The Morgan fingerprint density at radius 3 is 2.27 bits per heavy atom. The lowest BCUT2D eigenvalue weighted by molar-refractivity contribution is -0.122. The number of β-amino-alcohol motifs (C(OH)–C–C–N with tert-alkyl or cyclic N) is 1. The molecule has 7 heteroatoms. The van der Waals surface area contributed by atoms with E-state index in [0.717, 1.165) is 25.3 Å². The van der Waals surface area contributed by atoms with Gasteiger partial charge in [-0.05, 0) is 90.8 Å². The number of aliphatic hydroxyl groups is 1. The summed E-state index contributed by atoms with van der Waals surface area (Å²) >= 11 is 0. The molecule has 4 N–H and O–H groups in total. The van der Waals surface area contributed by atoms with Crippen LogP contribution in [0.2, 0.25) is 0 Å². The molecule has 3 fully saturated rings. The summed E-state index contributed by atoms with van der Waals surface area (Å²) in [4.78, 5) is 11.1. The fourth-order valence-electron chi connectivity index (χ4n) is 4.30. The molecule has 3 saturated heterocycles. The van der Waals surface area contributed by atoms with Crippen LogP contribution in [0.4, 0.5) is 0 Å². The van der Waals surface area contributed by atoms with Crippen LogP contribution in [0.1, 0.15) is 44.1 Å². The molecule has 0 amide bonds. The van der Waals surface area contributed by atoms with Crippen LogP contribution in [0.15, 0.2) is 24.3 Å². The summed E-state index contributed by atoms with van der Waals surface area (Å²) < 4.78 is 4.97. The van der Waals surface area contributed by atoms with E-state index in [1.54, 1.807) is 7.11 Å². The Morgan fingerprint density at radius 2 is 1.87 bits per heavy atom. The second kappa shape index (κ2) is 15.2. The fourth-order valence-corrected chi connectivity index (χ4v) is 4.30. The van der Waals surface area contributed by atoms with Crippen molar-refractivity contribution in [1.82, 2.24) is 15.5 Å². The first kappa shape index (κ1) is 26.4. The minimum Gasteiger partial charge on any atom is -0.497 e. The van der Waals surface area contributed by atoms with Gasteiger partial charge in [-0.15, -0.1) is 0 Å². The number of aryl methyl sites for hydroxylation is 1. The van der Waals surface area contributed by atoms with Gasteiger partial charge in [0.15, 0.2) is 0 Å². The van der Waals surface area contributed by atoms with Gasteiger partial charge in [0, 0.05) is 12.1 Å². The Bertz CT molecular complexity index is 552. The van der Waals surface area contributed by atoms with Crippen molar-refractivity contribution in [1.29, 1.82) is 0 Å². The molecule has 7 nitrogen and oxygen atoms in total. The third kappa shape index (κ3) is 9.43. The molecule has 0 saturated carbocycles. The number of nitrogens with zero attached hydrogens (tertiary/aromatic N) is 1. The molecule has 1 atom stereocenters. The predicted octanol–water partition coefficient (Wildman–Crippen LogP) is 2.27. The number of methoxy groups -OCH3 is 1. The van der Waals surface area contributed by atoms with E-state index in [1.807, 2.05) is 24.3 Å². The number of aliphatic hydroxyl groups excluding tert-OH is 1. The highest BCUT2D eigenvalue weighted by molar-refractivity contribution is 5.32. The van der Waals surface area contributed by atoms with E-state index in [9.17, 15) is 0 Å². The zero-order valence-electron chi connectivity index (χ0n) is 18.9. The topological polar surface area (TPSA) is 94.1 Å². The summed E-state index contributed by atoms with van der Waals surface area (Å²) in [6.07, 6.45) is 8.00. The van der Waals surface area contributed by atoms with Crippen LogP contribution in [0.5, 0.6) is 5.75 Å². The molecule has 3 aliphatic rings. The second-order valence-electron chi connectivity index (χ2n) is 8.04. The van der Waals surface area contributed by atoms with E-state index in [4.69, 9.17) is 19.7 Å². The highest BCUT2D eigenvalue weighted by Crippen LogP contribution is 2.40. The van der Waals surface area contributed by atoms with Gasteiger partial charge in [0.25, 0.3) is 6.47 Å². The molecule has 3 aliphatic heterocycles. The highest BCUT2D eigenvalue weighted by atomic mass is 16.5. The van der Waals surface area contributed by atoms with E-state index in [1.165, 1.54) is 57.3 Å². The molecule has 0 bridgehead atoms. The van der Waals surface area contributed by atoms with Gasteiger partial charge in [-0.3, -0.25) is 9.69 Å². The Kier molecular flexibility index (Phi) is 13.3. The number of carbonyl (C=O) groups is 1. The summed E-state index contributed by atoms with van der Waals surface area (Å²) in [5.41, 5.74) is 1.89. The molecule has 0 spiro atoms. The van der Waals surface area contributed by atoms with Crippen molar-refractivity contribution in [3.8, 4) is 5.75 Å². The van der Waals surface area contributed by atoms with E-state index in [-0.39, 0.29) is 12.6 Å². The number of rotatable bonds is 4. The number of hydrogen-bond donors (Lipinski definition) is 4. The van der Waals surface area contributed by atoms with Gasteiger partial charge in [-0.1, -0.05) is 17.7 Å². The quantitative estimate of drug-likeness (QED) is 0.552. The van der Waals surface area contributed by atoms with Crippen LogP contribution in [-0.2, 0) is 4.79 Å². The molecule has 1 aromatic rings. The first-order valence-corrected chi connectivity index (χ1v) is 11.0. The van der Waals surface area contributed by atoms with E-state index in [2.05, 4.69) is 29.5 Å². The van der Waals surface area contributed by atoms with Crippen LogP contribution in [0.25, 0.3) is 0 Å². The number of nitrogens with one attached hydrogen (secondary N) is 2. The normalized spacial score (nSPS) is 21.1. The number of ether oxygens (including phenoxy) is 1. The van der Waals surface area contributed by atoms with Crippen LogP contribution in [0.3, 0.4) is 0 Å². The number of benzene rings is 1. The van der Waals surface area contributed by atoms with Gasteiger partial charge in [-0.2, -0.15) is 0 Å². The van der Waals surface area contributed by atoms with Crippen LogP contribution in [0, 0.1) is 6.92 Å². The predicted molar refractivity (Wildman–Crippen MR) is 121 cm³/mol. The Morgan fingerprint density at radius 1 is 1.27 bits per heavy atom. The first-order chi connectivity index (χ1) is 14.5. The maximum absolute atomic E-state index is 8.67. The average Bonchev–Trinajstić information content (AvgIpc) is 3.46. The Labute approximate surface area is 181 Å². The van der Waals surface area contributed by atoms with E-state index in [0.29, 0.717) is 5.54 Å². The summed E-state index contributed by atoms with van der Waals surface area (Å²) in [6, 6.07) is 7.96. The zero-order chi connectivity index (χ0) is 22.2. The summed E-state index contributed by atoms with van der Waals surface area (Å²) in [5.74, 6) is 0.917. The molecule has 0 aromatic heterocycles. The smallest absolute Gasteiger partial charge is 0.290 e. The number of hydrogen-bond acceptors (Lipinski definition) is 6. The van der Waals surface area contributed by atoms with Crippen molar-refractivity contribution in [3.63, 3.8) is 0 Å². The molecule has 172 valence electrons. The molecule has 1 unspecified atom stereocenters. The molecule has 1 aromatic carbocycles. The minimum absolute atomic E-state index is 0.0648. The minimum atomic E-state index is -0.250. The molecule has 3 heterocycles. The van der Waals surface area contributed by atoms with Crippen LogP contribution in [-0.4, -0.2) is 80.1 Å². The van der Waals surface area contributed by atoms with Gasteiger partial charge in [0.2, 0.25) is 0 Å². The summed E-state index contributed by atoms with van der Waals surface area (Å²) in [5, 5.41) is 21.9. The lowest BCUT2D eigenvalue weighted by atomic mass is 9.90. The standard InChI is InChI=1S/C10H20N2.C8H10O.C4H9NO.CH2O2/c1-11-7-6-10-4-2-8-12(10)9-3-5-10;1-7-3-5-8(9-2)6-4-7;6-4-1-2-5-3-4;2-1-3/h11H,2-9H2,1H3;3-6H,1-2H3;4-6H,1-3H2;1H,(H,2,3). The third-order valence-corrected chi connectivity index (χ3v) is 5.94.